The number of hydrogen-bond donors (Lipinski definition) is 1. The van der Waals surface area contributed by atoms with Crippen LogP contribution >= 0.6 is 27.5 Å². The summed E-state index contributed by atoms with van der Waals surface area (Å²) in [5.41, 5.74) is 1.000. The molecule has 1 aromatic carbocycles. The van der Waals surface area contributed by atoms with Crippen LogP contribution in [0.2, 0.25) is 5.02 Å². The zero-order valence-corrected chi connectivity index (χ0v) is 12.1. The summed E-state index contributed by atoms with van der Waals surface area (Å²) in [6.07, 6.45) is 0. The number of nitrogens with zero attached hydrogens (tertiary/aromatic N) is 1. The standard InChI is InChI=1S/C13H7BrClFN2O/c1-6-2-7(9(5-17)13(19)18-6)8-3-11(15)12(16)4-10(8)14/h2-4H,1H3,(H,18,19). The first-order chi connectivity index (χ1) is 8.93. The molecule has 0 saturated carbocycles. The minimum Gasteiger partial charge on any atom is -0.325 e. The van der Waals surface area contributed by atoms with Gasteiger partial charge in [0.2, 0.25) is 0 Å². The molecule has 1 aromatic heterocycles. The Kier molecular flexibility index (Phi) is 3.74. The lowest BCUT2D eigenvalue weighted by atomic mass is 10.0. The number of rotatable bonds is 1. The normalized spacial score (nSPS) is 10.3. The van der Waals surface area contributed by atoms with Crippen LogP contribution in [0.4, 0.5) is 4.39 Å². The van der Waals surface area contributed by atoms with E-state index in [4.69, 9.17) is 16.9 Å². The summed E-state index contributed by atoms with van der Waals surface area (Å²) >= 11 is 8.96. The Bertz CT molecular complexity index is 764. The van der Waals surface area contributed by atoms with Crippen LogP contribution in [0.3, 0.4) is 0 Å². The first-order valence-electron chi connectivity index (χ1n) is 5.23. The molecule has 0 bridgehead atoms. The quantitative estimate of drug-likeness (QED) is 0.803. The van der Waals surface area contributed by atoms with Gasteiger partial charge in [0.25, 0.3) is 5.56 Å². The summed E-state index contributed by atoms with van der Waals surface area (Å²) in [5.74, 6) is -0.572. The Morgan fingerprint density at radius 2 is 2.05 bits per heavy atom. The van der Waals surface area contributed by atoms with Gasteiger partial charge in [0, 0.05) is 15.7 Å². The van der Waals surface area contributed by atoms with Gasteiger partial charge >= 0.3 is 0 Å². The highest BCUT2D eigenvalue weighted by Crippen LogP contribution is 2.33. The molecule has 96 valence electrons. The lowest BCUT2D eigenvalue weighted by Crippen LogP contribution is -2.12. The maximum Gasteiger partial charge on any atom is 0.266 e. The number of benzene rings is 1. The monoisotopic (exact) mass is 340 g/mol. The Hall–Kier alpha value is -1.64. The van der Waals surface area contributed by atoms with Gasteiger partial charge in [-0.25, -0.2) is 4.39 Å². The van der Waals surface area contributed by atoms with Crippen molar-refractivity contribution in [3.63, 3.8) is 0 Å². The predicted octanol–water partition coefficient (Wildman–Crippen LogP) is 3.78. The van der Waals surface area contributed by atoms with E-state index < -0.39 is 11.4 Å². The fraction of sp³-hybridized carbons (Fsp3) is 0.0769. The number of aromatic nitrogens is 1. The van der Waals surface area contributed by atoms with Crippen molar-refractivity contribution in [3.8, 4) is 17.2 Å². The minimum absolute atomic E-state index is 0.0334. The summed E-state index contributed by atoms with van der Waals surface area (Å²) in [6, 6.07) is 6.09. The fourth-order valence-corrected chi connectivity index (χ4v) is 2.43. The maximum atomic E-state index is 13.3. The summed E-state index contributed by atoms with van der Waals surface area (Å²) in [5, 5.41) is 9.00. The van der Waals surface area contributed by atoms with Crippen molar-refractivity contribution in [3.05, 3.63) is 55.1 Å². The summed E-state index contributed by atoms with van der Waals surface area (Å²) in [7, 11) is 0. The van der Waals surface area contributed by atoms with Crippen LogP contribution < -0.4 is 5.56 Å². The van der Waals surface area contributed by atoms with Crippen molar-refractivity contribution in [2.45, 2.75) is 6.92 Å². The molecule has 2 rings (SSSR count). The number of halogens is 3. The highest BCUT2D eigenvalue weighted by molar-refractivity contribution is 9.10. The van der Waals surface area contributed by atoms with Gasteiger partial charge in [-0.15, -0.1) is 0 Å². The van der Waals surface area contributed by atoms with E-state index in [1.807, 2.05) is 6.07 Å². The number of aromatic amines is 1. The minimum atomic E-state index is -0.572. The molecule has 0 unspecified atom stereocenters. The van der Waals surface area contributed by atoms with E-state index in [-0.39, 0.29) is 10.6 Å². The molecule has 0 aliphatic heterocycles. The summed E-state index contributed by atoms with van der Waals surface area (Å²) in [6.45, 7) is 1.70. The number of hydrogen-bond acceptors (Lipinski definition) is 2. The van der Waals surface area contributed by atoms with Crippen molar-refractivity contribution in [1.82, 2.24) is 4.98 Å². The second kappa shape index (κ2) is 5.16. The second-order valence-electron chi connectivity index (χ2n) is 3.93. The molecule has 0 radical (unpaired) electrons. The van der Waals surface area contributed by atoms with Crippen LogP contribution in [0, 0.1) is 24.1 Å². The number of pyridine rings is 1. The molecule has 2 aromatic rings. The average molecular weight is 342 g/mol. The third-order valence-electron chi connectivity index (χ3n) is 2.58. The van der Waals surface area contributed by atoms with Crippen molar-refractivity contribution in [2.75, 3.05) is 0 Å². The molecule has 0 atom stereocenters. The molecule has 19 heavy (non-hydrogen) atoms. The molecule has 0 aliphatic carbocycles. The van der Waals surface area contributed by atoms with E-state index in [1.165, 1.54) is 12.1 Å². The SMILES string of the molecule is Cc1cc(-c2cc(Cl)c(F)cc2Br)c(C#N)c(=O)[nH]1. The van der Waals surface area contributed by atoms with E-state index in [0.29, 0.717) is 21.3 Å². The Morgan fingerprint density at radius 1 is 1.37 bits per heavy atom. The van der Waals surface area contributed by atoms with Gasteiger partial charge in [0.1, 0.15) is 17.4 Å². The highest BCUT2D eigenvalue weighted by atomic mass is 79.9. The van der Waals surface area contributed by atoms with Gasteiger partial charge in [0.15, 0.2) is 0 Å². The molecule has 0 saturated heterocycles. The molecule has 0 fully saturated rings. The Labute approximate surface area is 121 Å². The van der Waals surface area contributed by atoms with E-state index in [9.17, 15) is 9.18 Å². The number of nitrogens with one attached hydrogen (secondary N) is 1. The average Bonchev–Trinajstić information content (AvgIpc) is 2.33. The molecule has 6 heteroatoms. The summed E-state index contributed by atoms with van der Waals surface area (Å²) in [4.78, 5) is 14.3. The third kappa shape index (κ3) is 2.55. The number of H-pyrrole nitrogens is 1. The van der Waals surface area contributed by atoms with Gasteiger partial charge in [-0.3, -0.25) is 4.79 Å². The second-order valence-corrected chi connectivity index (χ2v) is 5.19. The molecule has 1 heterocycles. The van der Waals surface area contributed by atoms with Crippen molar-refractivity contribution < 1.29 is 4.39 Å². The molecule has 0 amide bonds. The van der Waals surface area contributed by atoms with Crippen LogP contribution in [0.25, 0.3) is 11.1 Å². The predicted molar refractivity (Wildman–Crippen MR) is 74.6 cm³/mol. The van der Waals surface area contributed by atoms with Crippen LogP contribution in [0.5, 0.6) is 0 Å². The summed E-state index contributed by atoms with van der Waals surface area (Å²) < 4.78 is 13.7. The van der Waals surface area contributed by atoms with Gasteiger partial charge in [-0.05, 0) is 30.7 Å². The van der Waals surface area contributed by atoms with Crippen LogP contribution in [-0.4, -0.2) is 4.98 Å². The number of nitriles is 1. The topological polar surface area (TPSA) is 56.6 Å². The van der Waals surface area contributed by atoms with Gasteiger partial charge in [-0.2, -0.15) is 5.26 Å². The molecule has 1 N–H and O–H groups in total. The van der Waals surface area contributed by atoms with E-state index in [1.54, 1.807) is 13.0 Å². The first kappa shape index (κ1) is 13.8. The fourth-order valence-electron chi connectivity index (χ4n) is 1.74. The van der Waals surface area contributed by atoms with E-state index in [2.05, 4.69) is 20.9 Å². The zero-order valence-electron chi connectivity index (χ0n) is 9.72. The lowest BCUT2D eigenvalue weighted by molar-refractivity contribution is 0.627. The van der Waals surface area contributed by atoms with E-state index in [0.717, 1.165) is 0 Å². The highest BCUT2D eigenvalue weighted by Gasteiger charge is 2.15. The molecular weight excluding hydrogens is 335 g/mol. The molecule has 0 spiro atoms. The largest absolute Gasteiger partial charge is 0.325 e. The van der Waals surface area contributed by atoms with Gasteiger partial charge in [-0.1, -0.05) is 27.5 Å². The van der Waals surface area contributed by atoms with Gasteiger partial charge < -0.3 is 4.98 Å². The van der Waals surface area contributed by atoms with Crippen LogP contribution in [0.1, 0.15) is 11.3 Å². The molecule has 0 aliphatic rings. The van der Waals surface area contributed by atoms with Crippen LogP contribution in [-0.2, 0) is 0 Å². The Balaban J connectivity index is 2.83. The number of aryl methyl sites for hydroxylation is 1. The van der Waals surface area contributed by atoms with Gasteiger partial charge in [0.05, 0.1) is 5.02 Å². The molecular formula is C13H7BrClFN2O. The van der Waals surface area contributed by atoms with Crippen molar-refractivity contribution in [2.24, 2.45) is 0 Å². The Morgan fingerprint density at radius 3 is 2.68 bits per heavy atom. The van der Waals surface area contributed by atoms with Crippen molar-refractivity contribution >= 4 is 27.5 Å². The molecule has 3 nitrogen and oxygen atoms in total. The third-order valence-corrected chi connectivity index (χ3v) is 3.53. The lowest BCUT2D eigenvalue weighted by Gasteiger charge is -2.09. The van der Waals surface area contributed by atoms with Crippen LogP contribution in [0.15, 0.2) is 27.5 Å². The van der Waals surface area contributed by atoms with Crippen molar-refractivity contribution in [1.29, 1.82) is 5.26 Å². The first-order valence-corrected chi connectivity index (χ1v) is 6.40. The smallest absolute Gasteiger partial charge is 0.266 e. The zero-order chi connectivity index (χ0) is 14.2. The maximum absolute atomic E-state index is 13.3. The van der Waals surface area contributed by atoms with E-state index >= 15 is 0 Å².